The lowest BCUT2D eigenvalue weighted by atomic mass is 10.2. The number of hydrogen-bond acceptors (Lipinski definition) is 5. The number of rotatable bonds is 3. The minimum atomic E-state index is -0.458. The van der Waals surface area contributed by atoms with Gasteiger partial charge in [-0.25, -0.2) is 4.79 Å². The molecule has 0 aromatic rings. The minimum absolute atomic E-state index is 0.150. The maximum atomic E-state index is 12.0. The molecule has 1 rings (SSSR count). The average molecular weight is 301 g/mol. The van der Waals surface area contributed by atoms with Gasteiger partial charge in [-0.3, -0.25) is 9.89 Å². The SMILES string of the molecule is CSC(C)(C)CNC1=NCCN(C(=O)OC(C)(C)C)C1. The van der Waals surface area contributed by atoms with Gasteiger partial charge in [0.05, 0.1) is 13.1 Å². The van der Waals surface area contributed by atoms with Crippen LogP contribution in [0.2, 0.25) is 0 Å². The van der Waals surface area contributed by atoms with E-state index in [9.17, 15) is 4.79 Å². The zero-order valence-corrected chi connectivity index (χ0v) is 14.3. The summed E-state index contributed by atoms with van der Waals surface area (Å²) in [5.74, 6) is 0.865. The first-order valence-electron chi connectivity index (χ1n) is 6.93. The Hall–Kier alpha value is -0.910. The first kappa shape index (κ1) is 17.1. The van der Waals surface area contributed by atoms with Gasteiger partial charge in [0.25, 0.3) is 0 Å². The summed E-state index contributed by atoms with van der Waals surface area (Å²) in [6.07, 6.45) is 1.83. The second-order valence-electron chi connectivity index (χ2n) is 6.55. The molecule has 0 fully saturated rings. The highest BCUT2D eigenvalue weighted by Crippen LogP contribution is 2.19. The molecule has 116 valence electrons. The molecular weight excluding hydrogens is 274 g/mol. The summed E-state index contributed by atoms with van der Waals surface area (Å²) in [4.78, 5) is 18.2. The van der Waals surface area contributed by atoms with Gasteiger partial charge in [-0.15, -0.1) is 0 Å². The molecule has 0 aliphatic carbocycles. The number of carbonyl (C=O) groups excluding carboxylic acids is 1. The van der Waals surface area contributed by atoms with Crippen LogP contribution in [0.1, 0.15) is 34.6 Å². The third kappa shape index (κ3) is 6.03. The third-order valence-corrected chi connectivity index (χ3v) is 4.19. The Morgan fingerprint density at radius 1 is 1.40 bits per heavy atom. The summed E-state index contributed by atoms with van der Waals surface area (Å²) in [5, 5.41) is 3.34. The quantitative estimate of drug-likeness (QED) is 0.869. The van der Waals surface area contributed by atoms with Crippen LogP contribution >= 0.6 is 11.8 Å². The third-order valence-electron chi connectivity index (χ3n) is 2.94. The number of aliphatic imine (C=N–C) groups is 1. The zero-order valence-electron chi connectivity index (χ0n) is 13.4. The van der Waals surface area contributed by atoms with E-state index in [1.807, 2.05) is 32.5 Å². The first-order chi connectivity index (χ1) is 9.13. The zero-order chi connectivity index (χ0) is 15.4. The number of nitrogens with one attached hydrogen (secondary N) is 1. The fraction of sp³-hybridized carbons (Fsp3) is 0.857. The van der Waals surface area contributed by atoms with Crippen LogP contribution < -0.4 is 5.32 Å². The van der Waals surface area contributed by atoms with Crippen LogP contribution in [0, 0.1) is 0 Å². The van der Waals surface area contributed by atoms with E-state index in [1.165, 1.54) is 0 Å². The molecule has 0 saturated heterocycles. The topological polar surface area (TPSA) is 53.9 Å². The van der Waals surface area contributed by atoms with Gasteiger partial charge in [-0.2, -0.15) is 11.8 Å². The van der Waals surface area contributed by atoms with Crippen molar-refractivity contribution >= 4 is 23.7 Å². The summed E-state index contributed by atoms with van der Waals surface area (Å²) < 4.78 is 5.54. The molecule has 1 amide bonds. The molecule has 1 N–H and O–H groups in total. The molecule has 0 bridgehead atoms. The van der Waals surface area contributed by atoms with Crippen molar-refractivity contribution in [2.75, 3.05) is 32.4 Å². The highest BCUT2D eigenvalue weighted by atomic mass is 32.2. The molecule has 0 aromatic heterocycles. The highest BCUT2D eigenvalue weighted by molar-refractivity contribution is 7.99. The molecule has 20 heavy (non-hydrogen) atoms. The maximum absolute atomic E-state index is 12.0. The summed E-state index contributed by atoms with van der Waals surface area (Å²) in [6.45, 7) is 12.6. The Bertz CT molecular complexity index is 375. The van der Waals surface area contributed by atoms with Crippen molar-refractivity contribution in [1.29, 1.82) is 0 Å². The van der Waals surface area contributed by atoms with E-state index < -0.39 is 5.60 Å². The molecule has 0 aromatic carbocycles. The van der Waals surface area contributed by atoms with Gasteiger partial charge < -0.3 is 10.1 Å². The van der Waals surface area contributed by atoms with E-state index in [4.69, 9.17) is 4.74 Å². The molecular formula is C14H27N3O2S. The van der Waals surface area contributed by atoms with Gasteiger partial charge in [-0.05, 0) is 40.9 Å². The second kappa shape index (κ2) is 6.70. The van der Waals surface area contributed by atoms with E-state index in [0.717, 1.165) is 12.4 Å². The summed E-state index contributed by atoms with van der Waals surface area (Å²) >= 11 is 1.81. The van der Waals surface area contributed by atoms with Gasteiger partial charge in [0, 0.05) is 17.8 Å². The van der Waals surface area contributed by atoms with Crippen molar-refractivity contribution in [3.8, 4) is 0 Å². The van der Waals surface area contributed by atoms with Crippen molar-refractivity contribution in [3.05, 3.63) is 0 Å². The van der Waals surface area contributed by atoms with Crippen molar-refractivity contribution < 1.29 is 9.53 Å². The lowest BCUT2D eigenvalue weighted by Crippen LogP contribution is -2.49. The molecule has 5 nitrogen and oxygen atoms in total. The fourth-order valence-corrected chi connectivity index (χ4v) is 1.81. The van der Waals surface area contributed by atoms with Gasteiger partial charge in [-0.1, -0.05) is 0 Å². The van der Waals surface area contributed by atoms with E-state index in [1.54, 1.807) is 4.90 Å². The van der Waals surface area contributed by atoms with Crippen LogP contribution in [0.5, 0.6) is 0 Å². The highest BCUT2D eigenvalue weighted by Gasteiger charge is 2.25. The predicted molar refractivity (Wildman–Crippen MR) is 85.7 cm³/mol. The lowest BCUT2D eigenvalue weighted by molar-refractivity contribution is 0.0276. The van der Waals surface area contributed by atoms with Gasteiger partial charge >= 0.3 is 6.09 Å². The number of hydrogen-bond donors (Lipinski definition) is 1. The Labute approximate surface area is 126 Å². The van der Waals surface area contributed by atoms with Gasteiger partial charge in [0.15, 0.2) is 0 Å². The fourth-order valence-electron chi connectivity index (χ4n) is 1.60. The van der Waals surface area contributed by atoms with Crippen LogP contribution in [0.4, 0.5) is 4.79 Å². The van der Waals surface area contributed by atoms with Crippen LogP contribution in [0.25, 0.3) is 0 Å². The van der Waals surface area contributed by atoms with E-state index in [2.05, 4.69) is 30.4 Å². The van der Waals surface area contributed by atoms with Crippen molar-refractivity contribution in [3.63, 3.8) is 0 Å². The predicted octanol–water partition coefficient (Wildman–Crippen LogP) is 2.37. The summed E-state index contributed by atoms with van der Waals surface area (Å²) in [6, 6.07) is 0. The van der Waals surface area contributed by atoms with Gasteiger partial charge in [0.2, 0.25) is 0 Å². The first-order valence-corrected chi connectivity index (χ1v) is 8.16. The molecule has 0 atom stereocenters. The molecule has 1 heterocycles. The number of carbonyl (C=O) groups is 1. The molecule has 6 heteroatoms. The van der Waals surface area contributed by atoms with Crippen LogP contribution in [0.3, 0.4) is 0 Å². The van der Waals surface area contributed by atoms with Crippen molar-refractivity contribution in [2.45, 2.75) is 45.0 Å². The number of amides is 1. The lowest BCUT2D eigenvalue weighted by Gasteiger charge is -2.31. The van der Waals surface area contributed by atoms with E-state index >= 15 is 0 Å². The Kier molecular flexibility index (Phi) is 5.74. The number of ether oxygens (including phenoxy) is 1. The number of thioether (sulfide) groups is 1. The smallest absolute Gasteiger partial charge is 0.410 e. The number of nitrogens with zero attached hydrogens (tertiary/aromatic N) is 2. The molecule has 1 aliphatic heterocycles. The van der Waals surface area contributed by atoms with Crippen molar-refractivity contribution in [1.82, 2.24) is 10.2 Å². The molecule has 0 saturated carbocycles. The largest absolute Gasteiger partial charge is 0.444 e. The maximum Gasteiger partial charge on any atom is 0.410 e. The van der Waals surface area contributed by atoms with Crippen LogP contribution in [-0.4, -0.2) is 59.6 Å². The standard InChI is InChI=1S/C14H27N3O2S/c1-13(2,3)19-12(18)17-8-7-15-11(9-17)16-10-14(4,5)20-6/h7-10H2,1-6H3,(H,15,16). The normalized spacial score (nSPS) is 16.7. The van der Waals surface area contributed by atoms with Gasteiger partial charge in [0.1, 0.15) is 11.4 Å². The Morgan fingerprint density at radius 2 is 2.05 bits per heavy atom. The molecule has 1 aliphatic rings. The summed E-state index contributed by atoms with van der Waals surface area (Å²) in [7, 11) is 0. The molecule has 0 radical (unpaired) electrons. The van der Waals surface area contributed by atoms with Crippen LogP contribution in [-0.2, 0) is 4.74 Å². The van der Waals surface area contributed by atoms with E-state index in [-0.39, 0.29) is 10.8 Å². The second-order valence-corrected chi connectivity index (χ2v) is 8.06. The number of amidine groups is 1. The minimum Gasteiger partial charge on any atom is -0.444 e. The average Bonchev–Trinajstić information content (AvgIpc) is 2.35. The van der Waals surface area contributed by atoms with Crippen molar-refractivity contribution in [2.24, 2.45) is 4.99 Å². The Morgan fingerprint density at radius 3 is 2.60 bits per heavy atom. The van der Waals surface area contributed by atoms with Crippen LogP contribution in [0.15, 0.2) is 4.99 Å². The van der Waals surface area contributed by atoms with E-state index in [0.29, 0.717) is 19.6 Å². The molecule has 0 unspecified atom stereocenters. The summed E-state index contributed by atoms with van der Waals surface area (Å²) in [5.41, 5.74) is -0.458. The molecule has 0 spiro atoms. The Balaban J connectivity index is 2.50. The monoisotopic (exact) mass is 301 g/mol.